The maximum Gasteiger partial charge on any atom is 0.350 e. The van der Waals surface area contributed by atoms with E-state index in [1.165, 1.54) is 11.3 Å². The first-order chi connectivity index (χ1) is 18.5. The Morgan fingerprint density at radius 1 is 1.18 bits per heavy atom. The monoisotopic (exact) mass is 548 g/mol. The first-order valence-electron chi connectivity index (χ1n) is 13.0. The first kappa shape index (κ1) is 26.7. The molecule has 0 unspecified atom stereocenters. The molecule has 1 saturated carbocycles. The number of ether oxygens (including phenoxy) is 1. The predicted molar refractivity (Wildman–Crippen MR) is 150 cm³/mol. The van der Waals surface area contributed by atoms with Crippen molar-refractivity contribution in [3.8, 4) is 11.4 Å². The number of rotatable bonds is 7. The van der Waals surface area contributed by atoms with Crippen LogP contribution in [0.25, 0.3) is 22.2 Å². The summed E-state index contributed by atoms with van der Waals surface area (Å²) in [7, 11) is 0. The smallest absolute Gasteiger partial charge is 0.350 e. The molecule has 0 atom stereocenters. The minimum atomic E-state index is -0.603. The van der Waals surface area contributed by atoms with E-state index < -0.39 is 11.6 Å². The van der Waals surface area contributed by atoms with Crippen LogP contribution < -0.4 is 10.2 Å². The van der Waals surface area contributed by atoms with Crippen LogP contribution in [0.2, 0.25) is 0 Å². The quantitative estimate of drug-likeness (QED) is 0.296. The van der Waals surface area contributed by atoms with E-state index in [1.54, 1.807) is 24.9 Å². The molecule has 1 aliphatic carbocycles. The molecule has 1 aromatic carbocycles. The molecule has 1 aliphatic rings. The Bertz CT molecular complexity index is 1530. The minimum absolute atomic E-state index is 0.0145. The summed E-state index contributed by atoms with van der Waals surface area (Å²) in [6, 6.07) is 8.04. The highest BCUT2D eigenvalue weighted by molar-refractivity contribution is 7.17. The Kier molecular flexibility index (Phi) is 7.11. The van der Waals surface area contributed by atoms with Crippen LogP contribution in [0, 0.1) is 19.8 Å². The molecule has 1 N–H and O–H groups in total. The lowest BCUT2D eigenvalue weighted by Gasteiger charge is -2.37. The number of amides is 1. The minimum Gasteiger partial charge on any atom is -0.456 e. The molecule has 1 amide bonds. The topological polar surface area (TPSA) is 123 Å². The van der Waals surface area contributed by atoms with Gasteiger partial charge in [-0.15, -0.1) is 0 Å². The first-order valence-corrected chi connectivity index (χ1v) is 13.8. The molecule has 204 valence electrons. The summed E-state index contributed by atoms with van der Waals surface area (Å²) in [5, 5.41) is 10.1. The summed E-state index contributed by atoms with van der Waals surface area (Å²) in [5.74, 6) is 1.27. The van der Waals surface area contributed by atoms with Gasteiger partial charge in [0.05, 0.1) is 5.69 Å². The number of anilines is 2. The zero-order valence-electron chi connectivity index (χ0n) is 22.9. The van der Waals surface area contributed by atoms with E-state index in [4.69, 9.17) is 9.26 Å². The zero-order valence-corrected chi connectivity index (χ0v) is 23.8. The van der Waals surface area contributed by atoms with Crippen LogP contribution in [0.15, 0.2) is 35.0 Å². The number of aromatic nitrogens is 4. The van der Waals surface area contributed by atoms with Crippen molar-refractivity contribution in [3.05, 3.63) is 46.9 Å². The lowest BCUT2D eigenvalue weighted by Crippen LogP contribution is -2.46. The van der Waals surface area contributed by atoms with Gasteiger partial charge < -0.3 is 14.6 Å². The highest BCUT2D eigenvalue weighted by Gasteiger charge is 2.38. The Hall–Kier alpha value is -3.86. The van der Waals surface area contributed by atoms with Crippen molar-refractivity contribution in [3.63, 3.8) is 0 Å². The van der Waals surface area contributed by atoms with Crippen LogP contribution in [0.4, 0.5) is 10.9 Å². The Morgan fingerprint density at radius 3 is 2.62 bits per heavy atom. The molecule has 3 aromatic heterocycles. The van der Waals surface area contributed by atoms with Crippen molar-refractivity contribution in [1.29, 1.82) is 0 Å². The van der Waals surface area contributed by atoms with Gasteiger partial charge in [0.1, 0.15) is 16.3 Å². The number of nitrogens with zero attached hydrogens (tertiary/aromatic N) is 5. The number of pyridine rings is 1. The molecule has 0 radical (unpaired) electrons. The van der Waals surface area contributed by atoms with Gasteiger partial charge in [0.2, 0.25) is 17.6 Å². The van der Waals surface area contributed by atoms with Crippen molar-refractivity contribution in [2.24, 2.45) is 5.92 Å². The van der Waals surface area contributed by atoms with Gasteiger partial charge in [0.25, 0.3) is 0 Å². The summed E-state index contributed by atoms with van der Waals surface area (Å²) in [6.07, 6.45) is 3.14. The summed E-state index contributed by atoms with van der Waals surface area (Å²) in [6.45, 7) is 11.4. The van der Waals surface area contributed by atoms with E-state index in [1.807, 2.05) is 52.0 Å². The third-order valence-corrected chi connectivity index (χ3v) is 7.72. The van der Waals surface area contributed by atoms with Crippen LogP contribution in [-0.4, -0.2) is 50.2 Å². The average Bonchev–Trinajstić information content (AvgIpc) is 3.45. The van der Waals surface area contributed by atoms with Crippen LogP contribution in [0.3, 0.4) is 0 Å². The average molecular weight is 549 g/mol. The number of thiazole rings is 1. The fraction of sp³-hybridized carbons (Fsp3) is 0.429. The van der Waals surface area contributed by atoms with E-state index in [0.29, 0.717) is 46.8 Å². The standard InChI is InChI=1S/C28H32N6O4S/c1-7-34(27-30-15(2)22(39-27)26(36)37-28(4,5)6)25(35)19-12-20(13-19)32-24-21-14-18(23-31-16(3)38-33-23)9-8-17(21)10-11-29-24/h8-11,14,19-20H,7,12-13H2,1-6H3,(H,29,32). The summed E-state index contributed by atoms with van der Waals surface area (Å²) in [5.41, 5.74) is 0.815. The number of benzene rings is 1. The van der Waals surface area contributed by atoms with Gasteiger partial charge in [-0.2, -0.15) is 4.98 Å². The van der Waals surface area contributed by atoms with E-state index in [2.05, 4.69) is 25.4 Å². The van der Waals surface area contributed by atoms with Gasteiger partial charge in [0.15, 0.2) is 5.13 Å². The third kappa shape index (κ3) is 5.63. The Balaban J connectivity index is 1.26. The van der Waals surface area contributed by atoms with Crippen molar-refractivity contribution < 1.29 is 18.8 Å². The Morgan fingerprint density at radius 2 is 1.95 bits per heavy atom. The van der Waals surface area contributed by atoms with Crippen LogP contribution in [0.5, 0.6) is 0 Å². The van der Waals surface area contributed by atoms with E-state index in [9.17, 15) is 9.59 Å². The molecular formula is C28H32N6O4S. The molecular weight excluding hydrogens is 516 g/mol. The lowest BCUT2D eigenvalue weighted by atomic mass is 9.79. The lowest BCUT2D eigenvalue weighted by molar-refractivity contribution is -0.124. The maximum atomic E-state index is 13.4. The van der Waals surface area contributed by atoms with Gasteiger partial charge in [-0.3, -0.25) is 9.69 Å². The number of hydrogen-bond donors (Lipinski definition) is 1. The van der Waals surface area contributed by atoms with Crippen molar-refractivity contribution in [2.45, 2.75) is 66.0 Å². The van der Waals surface area contributed by atoms with Crippen LogP contribution in [-0.2, 0) is 9.53 Å². The number of carbonyl (C=O) groups excluding carboxylic acids is 2. The molecule has 0 spiro atoms. The molecule has 5 rings (SSSR count). The molecule has 4 aromatic rings. The van der Waals surface area contributed by atoms with E-state index in [-0.39, 0.29) is 17.9 Å². The highest BCUT2D eigenvalue weighted by atomic mass is 32.1. The molecule has 0 aliphatic heterocycles. The van der Waals surface area contributed by atoms with Crippen molar-refractivity contribution in [1.82, 2.24) is 20.1 Å². The van der Waals surface area contributed by atoms with Gasteiger partial charge in [-0.1, -0.05) is 28.6 Å². The number of carbonyl (C=O) groups is 2. The summed E-state index contributed by atoms with van der Waals surface area (Å²) < 4.78 is 10.6. The molecule has 39 heavy (non-hydrogen) atoms. The molecule has 11 heteroatoms. The van der Waals surface area contributed by atoms with Crippen LogP contribution in [0.1, 0.15) is 61.8 Å². The maximum absolute atomic E-state index is 13.4. The molecule has 10 nitrogen and oxygen atoms in total. The largest absolute Gasteiger partial charge is 0.456 e. The molecule has 1 fully saturated rings. The zero-order chi connectivity index (χ0) is 27.9. The van der Waals surface area contributed by atoms with E-state index in [0.717, 1.165) is 22.2 Å². The molecule has 0 saturated heterocycles. The van der Waals surface area contributed by atoms with Crippen molar-refractivity contribution in [2.75, 3.05) is 16.8 Å². The molecule has 3 heterocycles. The molecule has 0 bridgehead atoms. The van der Waals surface area contributed by atoms with Crippen LogP contribution >= 0.6 is 11.3 Å². The fourth-order valence-corrected chi connectivity index (χ4v) is 5.60. The number of esters is 1. The van der Waals surface area contributed by atoms with Crippen molar-refractivity contribution >= 4 is 44.9 Å². The summed E-state index contributed by atoms with van der Waals surface area (Å²) in [4.78, 5) is 41.5. The van der Waals surface area contributed by atoms with E-state index >= 15 is 0 Å². The van der Waals surface area contributed by atoms with Gasteiger partial charge >= 0.3 is 5.97 Å². The normalized spacial score (nSPS) is 17.1. The SMILES string of the molecule is CCN(C(=O)C1CC(Nc2nccc3ccc(-c4noc(C)n4)cc23)C1)c1nc(C)c(C(=O)OC(C)(C)C)s1. The van der Waals surface area contributed by atoms with Gasteiger partial charge in [-0.25, -0.2) is 14.8 Å². The number of hydrogen-bond acceptors (Lipinski definition) is 10. The second-order valence-corrected chi connectivity index (χ2v) is 11.7. The van der Waals surface area contributed by atoms with Gasteiger partial charge in [-0.05, 0) is 65.0 Å². The highest BCUT2D eigenvalue weighted by Crippen LogP contribution is 2.36. The van der Waals surface area contributed by atoms with Gasteiger partial charge in [0, 0.05) is 42.6 Å². The number of nitrogens with one attached hydrogen (secondary N) is 1. The Labute approximate surface area is 230 Å². The second kappa shape index (κ2) is 10.4. The summed E-state index contributed by atoms with van der Waals surface area (Å²) >= 11 is 1.20. The number of aryl methyl sites for hydroxylation is 2. The second-order valence-electron chi connectivity index (χ2n) is 10.7. The fourth-order valence-electron chi connectivity index (χ4n) is 4.59. The predicted octanol–water partition coefficient (Wildman–Crippen LogP) is 5.56. The number of fused-ring (bicyclic) bond motifs is 1. The third-order valence-electron chi connectivity index (χ3n) is 6.56.